The van der Waals surface area contributed by atoms with Gasteiger partial charge in [0.25, 0.3) is 0 Å². The van der Waals surface area contributed by atoms with E-state index in [1.807, 2.05) is 0 Å². The number of rotatable bonds is 4. The van der Waals surface area contributed by atoms with Gasteiger partial charge in [-0.05, 0) is 31.0 Å². The number of benzene rings is 1. The quantitative estimate of drug-likeness (QED) is 0.867. The number of carbonyl (C=O) groups excluding carboxylic acids is 3. The highest BCUT2D eigenvalue weighted by atomic mass is 35.5. The fourth-order valence-electron chi connectivity index (χ4n) is 2.39. The summed E-state index contributed by atoms with van der Waals surface area (Å²) in [5.74, 6) is -0.728. The lowest BCUT2D eigenvalue weighted by Crippen LogP contribution is -2.51. The number of nitrogens with one attached hydrogen (secondary N) is 2. The van der Waals surface area contributed by atoms with Crippen molar-refractivity contribution >= 4 is 41.0 Å². The van der Waals surface area contributed by atoms with Crippen LogP contribution in [0.1, 0.15) is 25.3 Å². The summed E-state index contributed by atoms with van der Waals surface area (Å²) in [5.41, 5.74) is 0.707. The zero-order valence-corrected chi connectivity index (χ0v) is 14.1. The molecule has 1 atom stereocenters. The first-order valence-corrected chi connectivity index (χ1v) is 8.01. The van der Waals surface area contributed by atoms with Gasteiger partial charge < -0.3 is 10.6 Å². The summed E-state index contributed by atoms with van der Waals surface area (Å²) < 4.78 is 0. The SMILES string of the molecule is CCNC(=O)N1C(=O)CC[C@H]1C(=O)NCc1ccc(Cl)cc1Cl. The molecule has 0 unspecified atom stereocenters. The first-order valence-electron chi connectivity index (χ1n) is 7.25. The number of hydrogen-bond acceptors (Lipinski definition) is 3. The second-order valence-electron chi connectivity index (χ2n) is 5.11. The Morgan fingerprint density at radius 1 is 1.30 bits per heavy atom. The van der Waals surface area contributed by atoms with Gasteiger partial charge in [0.15, 0.2) is 0 Å². The first kappa shape index (κ1) is 17.6. The number of hydrogen-bond donors (Lipinski definition) is 2. The van der Waals surface area contributed by atoms with E-state index in [4.69, 9.17) is 23.2 Å². The predicted octanol–water partition coefficient (Wildman–Crippen LogP) is 2.33. The van der Waals surface area contributed by atoms with Crippen molar-refractivity contribution in [3.8, 4) is 0 Å². The van der Waals surface area contributed by atoms with Gasteiger partial charge in [0.05, 0.1) is 0 Å². The minimum absolute atomic E-state index is 0.178. The molecule has 0 saturated carbocycles. The van der Waals surface area contributed by atoms with E-state index in [0.29, 0.717) is 28.6 Å². The summed E-state index contributed by atoms with van der Waals surface area (Å²) in [6, 6.07) is 3.64. The van der Waals surface area contributed by atoms with Crippen LogP contribution in [-0.4, -0.2) is 35.3 Å². The van der Waals surface area contributed by atoms with E-state index >= 15 is 0 Å². The van der Waals surface area contributed by atoms with Crippen LogP contribution in [-0.2, 0) is 16.1 Å². The van der Waals surface area contributed by atoms with E-state index in [2.05, 4.69) is 10.6 Å². The molecule has 4 amide bonds. The van der Waals surface area contributed by atoms with Crippen molar-refractivity contribution in [3.05, 3.63) is 33.8 Å². The number of halogens is 2. The zero-order valence-electron chi connectivity index (χ0n) is 12.6. The minimum atomic E-state index is -0.792. The molecule has 8 heteroatoms. The van der Waals surface area contributed by atoms with Crippen molar-refractivity contribution in [3.63, 3.8) is 0 Å². The molecule has 0 aromatic heterocycles. The Morgan fingerprint density at radius 3 is 2.70 bits per heavy atom. The van der Waals surface area contributed by atoms with E-state index < -0.39 is 12.1 Å². The molecule has 6 nitrogen and oxygen atoms in total. The predicted molar refractivity (Wildman–Crippen MR) is 87.2 cm³/mol. The molecule has 2 N–H and O–H groups in total. The number of nitrogens with zero attached hydrogens (tertiary/aromatic N) is 1. The van der Waals surface area contributed by atoms with Crippen LogP contribution in [0, 0.1) is 0 Å². The molecular weight excluding hydrogens is 341 g/mol. The molecule has 0 aliphatic carbocycles. The van der Waals surface area contributed by atoms with Crippen molar-refractivity contribution in [2.24, 2.45) is 0 Å². The van der Waals surface area contributed by atoms with Crippen molar-refractivity contribution in [2.75, 3.05) is 6.54 Å². The lowest BCUT2D eigenvalue weighted by Gasteiger charge is -2.22. The summed E-state index contributed by atoms with van der Waals surface area (Å²) >= 11 is 11.9. The standard InChI is InChI=1S/C15H17Cl2N3O3/c1-2-18-15(23)20-12(5-6-13(20)21)14(22)19-8-9-3-4-10(16)7-11(9)17/h3-4,7,12H,2,5-6,8H2,1H3,(H,18,23)(H,19,22)/t12-/m0/s1. The Bertz CT molecular complexity index is 636. The average molecular weight is 358 g/mol. The Kier molecular flexibility index (Phi) is 5.85. The molecule has 124 valence electrons. The van der Waals surface area contributed by atoms with E-state index in [9.17, 15) is 14.4 Å². The number of imide groups is 1. The lowest BCUT2D eigenvalue weighted by atomic mass is 10.2. The summed E-state index contributed by atoms with van der Waals surface area (Å²) in [5, 5.41) is 6.20. The highest BCUT2D eigenvalue weighted by Gasteiger charge is 2.39. The van der Waals surface area contributed by atoms with E-state index in [-0.39, 0.29) is 24.8 Å². The third-order valence-electron chi connectivity index (χ3n) is 3.53. The van der Waals surface area contributed by atoms with Gasteiger partial charge in [0, 0.05) is 29.6 Å². The second kappa shape index (κ2) is 7.66. The third kappa shape index (κ3) is 4.14. The molecule has 1 aromatic rings. The summed E-state index contributed by atoms with van der Waals surface area (Å²) in [6.45, 7) is 2.33. The Morgan fingerprint density at radius 2 is 2.04 bits per heavy atom. The Balaban J connectivity index is 2.01. The highest BCUT2D eigenvalue weighted by molar-refractivity contribution is 6.35. The third-order valence-corrected chi connectivity index (χ3v) is 4.12. The van der Waals surface area contributed by atoms with Crippen molar-refractivity contribution < 1.29 is 14.4 Å². The van der Waals surface area contributed by atoms with Gasteiger partial charge in [-0.2, -0.15) is 0 Å². The molecule has 1 fully saturated rings. The molecule has 2 rings (SSSR count). The number of carbonyl (C=O) groups is 3. The Labute approximate surface area is 144 Å². The van der Waals surface area contributed by atoms with Crippen LogP contribution in [0.4, 0.5) is 4.79 Å². The molecule has 1 saturated heterocycles. The van der Waals surface area contributed by atoms with Crippen LogP contribution >= 0.6 is 23.2 Å². The molecule has 0 spiro atoms. The smallest absolute Gasteiger partial charge is 0.324 e. The molecular formula is C15H17Cl2N3O3. The van der Waals surface area contributed by atoms with Gasteiger partial charge in [0.2, 0.25) is 11.8 Å². The summed E-state index contributed by atoms with van der Waals surface area (Å²) in [4.78, 5) is 37.0. The maximum atomic E-state index is 12.3. The van der Waals surface area contributed by atoms with Crippen molar-refractivity contribution in [1.29, 1.82) is 0 Å². The molecule has 1 heterocycles. The average Bonchev–Trinajstić information content (AvgIpc) is 2.88. The van der Waals surface area contributed by atoms with Crippen LogP contribution in [0.15, 0.2) is 18.2 Å². The first-order chi connectivity index (χ1) is 10.9. The number of likely N-dealkylation sites (tertiary alicyclic amines) is 1. The molecule has 0 radical (unpaired) electrons. The van der Waals surface area contributed by atoms with Crippen LogP contribution in [0.25, 0.3) is 0 Å². The maximum Gasteiger partial charge on any atom is 0.324 e. The van der Waals surface area contributed by atoms with Crippen molar-refractivity contribution in [1.82, 2.24) is 15.5 Å². The fraction of sp³-hybridized carbons (Fsp3) is 0.400. The molecule has 0 bridgehead atoms. The topological polar surface area (TPSA) is 78.5 Å². The van der Waals surface area contributed by atoms with Gasteiger partial charge in [-0.1, -0.05) is 29.3 Å². The van der Waals surface area contributed by atoms with Gasteiger partial charge >= 0.3 is 6.03 Å². The zero-order chi connectivity index (χ0) is 17.0. The Hall–Kier alpha value is -1.79. The number of amides is 4. The minimum Gasteiger partial charge on any atom is -0.350 e. The van der Waals surface area contributed by atoms with E-state index in [0.717, 1.165) is 4.90 Å². The summed E-state index contributed by atoms with van der Waals surface area (Å²) in [7, 11) is 0. The normalized spacial score (nSPS) is 17.3. The lowest BCUT2D eigenvalue weighted by molar-refractivity contribution is -0.132. The van der Waals surface area contributed by atoms with Gasteiger partial charge in [0.1, 0.15) is 6.04 Å². The molecule has 23 heavy (non-hydrogen) atoms. The van der Waals surface area contributed by atoms with Crippen LogP contribution in [0.3, 0.4) is 0 Å². The van der Waals surface area contributed by atoms with Gasteiger partial charge in [-0.15, -0.1) is 0 Å². The van der Waals surface area contributed by atoms with E-state index in [1.165, 1.54) is 0 Å². The molecule has 1 aliphatic rings. The molecule has 1 aliphatic heterocycles. The second-order valence-corrected chi connectivity index (χ2v) is 5.95. The largest absolute Gasteiger partial charge is 0.350 e. The molecule has 1 aromatic carbocycles. The van der Waals surface area contributed by atoms with E-state index in [1.54, 1.807) is 25.1 Å². The van der Waals surface area contributed by atoms with Gasteiger partial charge in [-0.3, -0.25) is 14.5 Å². The number of urea groups is 1. The fourth-order valence-corrected chi connectivity index (χ4v) is 2.86. The van der Waals surface area contributed by atoms with Crippen LogP contribution in [0.2, 0.25) is 10.0 Å². The maximum absolute atomic E-state index is 12.3. The monoisotopic (exact) mass is 357 g/mol. The van der Waals surface area contributed by atoms with Gasteiger partial charge in [-0.25, -0.2) is 4.79 Å². The van der Waals surface area contributed by atoms with Crippen LogP contribution in [0.5, 0.6) is 0 Å². The van der Waals surface area contributed by atoms with Crippen LogP contribution < -0.4 is 10.6 Å². The highest BCUT2D eigenvalue weighted by Crippen LogP contribution is 2.22. The van der Waals surface area contributed by atoms with Crippen molar-refractivity contribution in [2.45, 2.75) is 32.4 Å². The summed E-state index contributed by atoms with van der Waals surface area (Å²) in [6.07, 6.45) is 0.493.